The van der Waals surface area contributed by atoms with Crippen molar-refractivity contribution < 1.29 is 5.11 Å². The van der Waals surface area contributed by atoms with E-state index in [1.54, 1.807) is 11.3 Å². The number of rotatable bonds is 2. The van der Waals surface area contributed by atoms with Crippen molar-refractivity contribution in [3.05, 3.63) is 21.3 Å². The highest BCUT2D eigenvalue weighted by Crippen LogP contribution is 2.32. The maximum Gasteiger partial charge on any atom is 0.0931 e. The molecule has 1 aliphatic rings. The van der Waals surface area contributed by atoms with E-state index in [0.717, 1.165) is 17.3 Å². The van der Waals surface area contributed by atoms with Crippen LogP contribution in [0.3, 0.4) is 0 Å². The van der Waals surface area contributed by atoms with E-state index in [1.165, 1.54) is 4.88 Å². The van der Waals surface area contributed by atoms with Gasteiger partial charge in [0.15, 0.2) is 0 Å². The molecule has 2 nitrogen and oxygen atoms in total. The Morgan fingerprint density at radius 1 is 1.62 bits per heavy atom. The molecule has 4 heteroatoms. The van der Waals surface area contributed by atoms with Crippen molar-refractivity contribution in [2.75, 3.05) is 13.2 Å². The van der Waals surface area contributed by atoms with E-state index in [-0.39, 0.29) is 12.6 Å². The maximum atomic E-state index is 8.95. The minimum absolute atomic E-state index is 0.232. The predicted molar refractivity (Wildman–Crippen MR) is 55.6 cm³/mol. The summed E-state index contributed by atoms with van der Waals surface area (Å²) in [5, 5.41) is 12.2. The summed E-state index contributed by atoms with van der Waals surface area (Å²) in [5.74, 6) is 0.537. The first-order chi connectivity index (χ1) is 6.29. The molecule has 1 aliphatic heterocycles. The van der Waals surface area contributed by atoms with Gasteiger partial charge in [0.05, 0.1) is 10.9 Å². The molecule has 72 valence electrons. The molecule has 0 radical (unpaired) electrons. The van der Waals surface area contributed by atoms with Crippen LogP contribution in [0.4, 0.5) is 0 Å². The molecule has 1 saturated heterocycles. The van der Waals surface area contributed by atoms with Crippen LogP contribution in [0.5, 0.6) is 0 Å². The quantitative estimate of drug-likeness (QED) is 0.793. The van der Waals surface area contributed by atoms with Crippen molar-refractivity contribution in [1.82, 2.24) is 5.32 Å². The average molecular weight is 218 g/mol. The number of hydrogen-bond donors (Lipinski definition) is 2. The normalized spacial score (nSPS) is 28.2. The van der Waals surface area contributed by atoms with Gasteiger partial charge in [-0.15, -0.1) is 11.3 Å². The summed E-state index contributed by atoms with van der Waals surface area (Å²) in [7, 11) is 0. The van der Waals surface area contributed by atoms with Crippen molar-refractivity contribution in [3.8, 4) is 0 Å². The van der Waals surface area contributed by atoms with E-state index in [0.29, 0.717) is 5.92 Å². The van der Waals surface area contributed by atoms with Gasteiger partial charge in [-0.25, -0.2) is 0 Å². The van der Waals surface area contributed by atoms with Crippen molar-refractivity contribution in [2.24, 2.45) is 0 Å². The van der Waals surface area contributed by atoms with Gasteiger partial charge in [-0.1, -0.05) is 11.6 Å². The molecule has 0 bridgehead atoms. The van der Waals surface area contributed by atoms with Gasteiger partial charge in [0.25, 0.3) is 0 Å². The van der Waals surface area contributed by atoms with E-state index in [4.69, 9.17) is 16.7 Å². The van der Waals surface area contributed by atoms with Crippen LogP contribution in [-0.4, -0.2) is 24.3 Å². The number of aliphatic hydroxyl groups is 1. The Kier molecular flexibility index (Phi) is 2.89. The van der Waals surface area contributed by atoms with E-state index in [9.17, 15) is 0 Å². The van der Waals surface area contributed by atoms with Gasteiger partial charge in [-0.3, -0.25) is 0 Å². The standard InChI is InChI=1S/C9H12ClNOS/c10-9-2-1-8(13-9)6-3-7(5-12)11-4-6/h1-2,6-7,11-12H,3-5H2. The summed E-state index contributed by atoms with van der Waals surface area (Å²) < 4.78 is 0.849. The van der Waals surface area contributed by atoms with Crippen LogP contribution >= 0.6 is 22.9 Å². The molecule has 13 heavy (non-hydrogen) atoms. The third kappa shape index (κ3) is 2.05. The van der Waals surface area contributed by atoms with Gasteiger partial charge in [0, 0.05) is 23.4 Å². The lowest BCUT2D eigenvalue weighted by atomic mass is 10.0. The molecular weight excluding hydrogens is 206 g/mol. The molecule has 2 heterocycles. The molecule has 2 N–H and O–H groups in total. The number of halogens is 1. The van der Waals surface area contributed by atoms with Crippen molar-refractivity contribution in [3.63, 3.8) is 0 Å². The van der Waals surface area contributed by atoms with Crippen molar-refractivity contribution in [1.29, 1.82) is 0 Å². The minimum Gasteiger partial charge on any atom is -0.395 e. The predicted octanol–water partition coefficient (Wildman–Crippen LogP) is 1.84. The van der Waals surface area contributed by atoms with Crippen LogP contribution in [0.25, 0.3) is 0 Å². The van der Waals surface area contributed by atoms with Crippen LogP contribution < -0.4 is 5.32 Å². The molecule has 0 aliphatic carbocycles. The Morgan fingerprint density at radius 3 is 3.00 bits per heavy atom. The molecule has 1 aromatic rings. The third-order valence-corrected chi connectivity index (χ3v) is 3.83. The second-order valence-corrected chi connectivity index (χ2v) is 5.11. The summed E-state index contributed by atoms with van der Waals surface area (Å²) in [6.45, 7) is 1.19. The lowest BCUT2D eigenvalue weighted by Gasteiger charge is -2.05. The highest BCUT2D eigenvalue weighted by atomic mass is 35.5. The topological polar surface area (TPSA) is 32.3 Å². The van der Waals surface area contributed by atoms with E-state index < -0.39 is 0 Å². The van der Waals surface area contributed by atoms with Crippen LogP contribution in [0.1, 0.15) is 17.2 Å². The fourth-order valence-corrected chi connectivity index (χ4v) is 2.90. The average Bonchev–Trinajstić information content (AvgIpc) is 2.71. The number of aliphatic hydroxyl groups excluding tert-OH is 1. The summed E-state index contributed by atoms with van der Waals surface area (Å²) in [6, 6.07) is 4.29. The molecule has 1 fully saturated rings. The van der Waals surface area contributed by atoms with Crippen molar-refractivity contribution in [2.45, 2.75) is 18.4 Å². The van der Waals surface area contributed by atoms with Gasteiger partial charge in [0.2, 0.25) is 0 Å². The second-order valence-electron chi connectivity index (χ2n) is 3.36. The Morgan fingerprint density at radius 2 is 2.46 bits per heavy atom. The molecular formula is C9H12ClNOS. The zero-order chi connectivity index (χ0) is 9.26. The smallest absolute Gasteiger partial charge is 0.0931 e. The molecule has 0 amide bonds. The summed E-state index contributed by atoms with van der Waals surface area (Å²) in [6.07, 6.45) is 1.02. The Bertz CT molecular complexity index is 289. The van der Waals surface area contributed by atoms with Gasteiger partial charge < -0.3 is 10.4 Å². The minimum atomic E-state index is 0.232. The van der Waals surface area contributed by atoms with Crippen molar-refractivity contribution >= 4 is 22.9 Å². The zero-order valence-electron chi connectivity index (χ0n) is 7.16. The first kappa shape index (κ1) is 9.46. The molecule has 0 aromatic carbocycles. The Labute approximate surface area is 86.5 Å². The van der Waals surface area contributed by atoms with E-state index >= 15 is 0 Å². The van der Waals surface area contributed by atoms with Gasteiger partial charge >= 0.3 is 0 Å². The largest absolute Gasteiger partial charge is 0.395 e. The zero-order valence-corrected chi connectivity index (χ0v) is 8.74. The molecule has 2 atom stereocenters. The number of nitrogens with one attached hydrogen (secondary N) is 1. The Balaban J connectivity index is 2.03. The first-order valence-corrected chi connectivity index (χ1v) is 5.58. The van der Waals surface area contributed by atoms with E-state index in [2.05, 4.69) is 11.4 Å². The SMILES string of the molecule is OCC1CC(c2ccc(Cl)s2)CN1. The van der Waals surface area contributed by atoms with Gasteiger partial charge in [-0.2, -0.15) is 0 Å². The molecule has 2 unspecified atom stereocenters. The lowest BCUT2D eigenvalue weighted by molar-refractivity contribution is 0.254. The highest BCUT2D eigenvalue weighted by molar-refractivity contribution is 7.16. The van der Waals surface area contributed by atoms with Crippen LogP contribution in [0, 0.1) is 0 Å². The second kappa shape index (κ2) is 3.96. The number of thiophene rings is 1. The number of hydrogen-bond acceptors (Lipinski definition) is 3. The van der Waals surface area contributed by atoms with Gasteiger partial charge in [0.1, 0.15) is 0 Å². The fraction of sp³-hybridized carbons (Fsp3) is 0.556. The van der Waals surface area contributed by atoms with Crippen LogP contribution in [-0.2, 0) is 0 Å². The summed E-state index contributed by atoms with van der Waals surface area (Å²) in [5.41, 5.74) is 0. The van der Waals surface area contributed by atoms with Crippen LogP contribution in [0.2, 0.25) is 4.34 Å². The highest BCUT2D eigenvalue weighted by Gasteiger charge is 2.25. The Hall–Kier alpha value is -0.0900. The third-order valence-electron chi connectivity index (χ3n) is 2.44. The maximum absolute atomic E-state index is 8.95. The lowest BCUT2D eigenvalue weighted by Crippen LogP contribution is -2.24. The van der Waals surface area contributed by atoms with Gasteiger partial charge in [-0.05, 0) is 18.6 Å². The molecule has 2 rings (SSSR count). The molecule has 1 aromatic heterocycles. The molecule has 0 saturated carbocycles. The summed E-state index contributed by atoms with van der Waals surface area (Å²) >= 11 is 7.50. The monoisotopic (exact) mass is 217 g/mol. The fourth-order valence-electron chi connectivity index (χ4n) is 1.72. The summed E-state index contributed by atoms with van der Waals surface area (Å²) in [4.78, 5) is 1.33. The van der Waals surface area contributed by atoms with E-state index in [1.807, 2.05) is 6.07 Å². The van der Waals surface area contributed by atoms with Crippen LogP contribution in [0.15, 0.2) is 12.1 Å². The first-order valence-electron chi connectivity index (χ1n) is 4.39. The molecule has 0 spiro atoms.